The molecule has 0 aromatic heterocycles. The van der Waals surface area contributed by atoms with Crippen LogP contribution in [-0.4, -0.2) is 42.1 Å². The third-order valence-electron chi connectivity index (χ3n) is 3.74. The lowest BCUT2D eigenvalue weighted by Gasteiger charge is -2.19. The van der Waals surface area contributed by atoms with E-state index >= 15 is 0 Å². The molecule has 1 aromatic carbocycles. The van der Waals surface area contributed by atoms with E-state index in [1.165, 1.54) is 0 Å². The molecule has 0 saturated heterocycles. The van der Waals surface area contributed by atoms with Crippen molar-refractivity contribution in [3.63, 3.8) is 0 Å². The standard InChI is InChI=1S/C16H22N4O4/c1-3-11(20-16(23)24)15(22)19-12-6-4-5-10(14(21)17-2)13(12)18-9-7-8-9/h4-6,9,11,18,20H,3,7-8H2,1-2H3,(H,17,21)(H,19,22)(H,23,24). The Balaban J connectivity index is 2.26. The zero-order valence-corrected chi connectivity index (χ0v) is 13.7. The molecular formula is C16H22N4O4. The van der Waals surface area contributed by atoms with E-state index in [2.05, 4.69) is 21.3 Å². The van der Waals surface area contributed by atoms with Crippen LogP contribution in [0.3, 0.4) is 0 Å². The molecule has 0 heterocycles. The van der Waals surface area contributed by atoms with Crippen molar-refractivity contribution in [3.05, 3.63) is 23.8 Å². The molecule has 1 aliphatic rings. The number of carbonyl (C=O) groups excluding carboxylic acids is 2. The number of benzene rings is 1. The molecule has 1 fully saturated rings. The van der Waals surface area contributed by atoms with Gasteiger partial charge in [0.1, 0.15) is 6.04 Å². The van der Waals surface area contributed by atoms with Gasteiger partial charge in [0, 0.05) is 13.1 Å². The molecule has 0 spiro atoms. The van der Waals surface area contributed by atoms with Crippen LogP contribution in [0.2, 0.25) is 0 Å². The second kappa shape index (κ2) is 7.67. The van der Waals surface area contributed by atoms with Gasteiger partial charge < -0.3 is 26.4 Å². The molecule has 0 bridgehead atoms. The number of rotatable bonds is 7. The molecule has 24 heavy (non-hydrogen) atoms. The number of hydrogen-bond acceptors (Lipinski definition) is 4. The van der Waals surface area contributed by atoms with Gasteiger partial charge in [-0.1, -0.05) is 13.0 Å². The molecule has 2 rings (SSSR count). The quantitative estimate of drug-likeness (QED) is 0.519. The van der Waals surface area contributed by atoms with E-state index < -0.39 is 18.0 Å². The molecule has 0 aliphatic heterocycles. The van der Waals surface area contributed by atoms with Crippen LogP contribution in [0.25, 0.3) is 0 Å². The Bertz CT molecular complexity index is 643. The van der Waals surface area contributed by atoms with Crippen molar-refractivity contribution in [1.29, 1.82) is 0 Å². The zero-order chi connectivity index (χ0) is 17.7. The van der Waals surface area contributed by atoms with Crippen LogP contribution in [0.5, 0.6) is 0 Å². The van der Waals surface area contributed by atoms with Crippen molar-refractivity contribution in [2.45, 2.75) is 38.3 Å². The van der Waals surface area contributed by atoms with E-state index in [0.717, 1.165) is 12.8 Å². The number of nitrogens with one attached hydrogen (secondary N) is 4. The molecule has 1 unspecified atom stereocenters. The molecule has 1 aromatic rings. The van der Waals surface area contributed by atoms with E-state index in [0.29, 0.717) is 23.4 Å². The van der Waals surface area contributed by atoms with Crippen molar-refractivity contribution >= 4 is 29.3 Å². The second-order valence-electron chi connectivity index (χ2n) is 5.63. The number of carbonyl (C=O) groups is 3. The van der Waals surface area contributed by atoms with Crippen molar-refractivity contribution in [3.8, 4) is 0 Å². The number of anilines is 2. The summed E-state index contributed by atoms with van der Waals surface area (Å²) >= 11 is 0. The van der Waals surface area contributed by atoms with E-state index in [1.807, 2.05) is 0 Å². The minimum absolute atomic E-state index is 0.259. The maximum Gasteiger partial charge on any atom is 0.405 e. The molecule has 1 aliphatic carbocycles. The minimum atomic E-state index is -1.26. The van der Waals surface area contributed by atoms with Crippen LogP contribution in [-0.2, 0) is 4.79 Å². The number of para-hydroxylation sites is 1. The van der Waals surface area contributed by atoms with Crippen molar-refractivity contribution in [1.82, 2.24) is 10.6 Å². The predicted molar refractivity (Wildman–Crippen MR) is 90.3 cm³/mol. The highest BCUT2D eigenvalue weighted by molar-refractivity contribution is 6.06. The first kappa shape index (κ1) is 17.6. The first-order valence-electron chi connectivity index (χ1n) is 7.88. The summed E-state index contributed by atoms with van der Waals surface area (Å²) in [5.41, 5.74) is 1.44. The van der Waals surface area contributed by atoms with Gasteiger partial charge in [-0.05, 0) is 31.4 Å². The van der Waals surface area contributed by atoms with Crippen LogP contribution < -0.4 is 21.3 Å². The van der Waals surface area contributed by atoms with Gasteiger partial charge in [0.05, 0.1) is 16.9 Å². The topological polar surface area (TPSA) is 120 Å². The fourth-order valence-electron chi connectivity index (χ4n) is 2.29. The van der Waals surface area contributed by atoms with Gasteiger partial charge in [-0.15, -0.1) is 0 Å². The largest absolute Gasteiger partial charge is 0.465 e. The summed E-state index contributed by atoms with van der Waals surface area (Å²) in [6, 6.07) is 4.45. The Labute approximate surface area is 140 Å². The number of amides is 3. The SMILES string of the molecule is CCC(NC(=O)O)C(=O)Nc1cccc(C(=O)NC)c1NC1CC1. The number of carboxylic acid groups (broad SMARTS) is 1. The van der Waals surface area contributed by atoms with Gasteiger partial charge >= 0.3 is 6.09 Å². The fourth-order valence-corrected chi connectivity index (χ4v) is 2.29. The van der Waals surface area contributed by atoms with Gasteiger partial charge in [0.25, 0.3) is 5.91 Å². The molecule has 8 nitrogen and oxygen atoms in total. The molecule has 8 heteroatoms. The smallest absolute Gasteiger partial charge is 0.405 e. The molecule has 1 atom stereocenters. The second-order valence-corrected chi connectivity index (χ2v) is 5.63. The van der Waals surface area contributed by atoms with Gasteiger partial charge in [-0.25, -0.2) is 4.79 Å². The molecule has 0 radical (unpaired) electrons. The van der Waals surface area contributed by atoms with Crippen LogP contribution in [0.15, 0.2) is 18.2 Å². The Morgan fingerprint density at radius 1 is 1.29 bits per heavy atom. The average molecular weight is 334 g/mol. The maximum atomic E-state index is 12.3. The maximum absolute atomic E-state index is 12.3. The van der Waals surface area contributed by atoms with E-state index in [4.69, 9.17) is 5.11 Å². The highest BCUT2D eigenvalue weighted by Gasteiger charge is 2.26. The van der Waals surface area contributed by atoms with Crippen LogP contribution in [0.1, 0.15) is 36.5 Å². The van der Waals surface area contributed by atoms with E-state index in [1.54, 1.807) is 32.2 Å². The Kier molecular flexibility index (Phi) is 5.62. The molecule has 130 valence electrons. The molecular weight excluding hydrogens is 312 g/mol. The first-order valence-corrected chi connectivity index (χ1v) is 7.88. The third kappa shape index (κ3) is 4.37. The van der Waals surface area contributed by atoms with Gasteiger partial charge in [0.2, 0.25) is 5.91 Å². The van der Waals surface area contributed by atoms with Gasteiger partial charge in [-0.3, -0.25) is 9.59 Å². The Morgan fingerprint density at radius 3 is 2.54 bits per heavy atom. The molecule has 1 saturated carbocycles. The predicted octanol–water partition coefficient (Wildman–Crippen LogP) is 1.61. The summed E-state index contributed by atoms with van der Waals surface area (Å²) < 4.78 is 0. The fraction of sp³-hybridized carbons (Fsp3) is 0.438. The van der Waals surface area contributed by atoms with Crippen molar-refractivity contribution in [2.24, 2.45) is 0 Å². The molecule has 5 N–H and O–H groups in total. The van der Waals surface area contributed by atoms with Gasteiger partial charge in [0.15, 0.2) is 0 Å². The lowest BCUT2D eigenvalue weighted by atomic mass is 10.1. The Morgan fingerprint density at radius 2 is 2.00 bits per heavy atom. The van der Waals surface area contributed by atoms with E-state index in [9.17, 15) is 14.4 Å². The summed E-state index contributed by atoms with van der Waals surface area (Å²) in [5.74, 6) is -0.724. The minimum Gasteiger partial charge on any atom is -0.465 e. The first-order chi connectivity index (χ1) is 11.5. The normalized spacial score (nSPS) is 14.4. The van der Waals surface area contributed by atoms with Crippen molar-refractivity contribution in [2.75, 3.05) is 17.7 Å². The van der Waals surface area contributed by atoms with Crippen LogP contribution in [0, 0.1) is 0 Å². The van der Waals surface area contributed by atoms with Crippen LogP contribution in [0.4, 0.5) is 16.2 Å². The lowest BCUT2D eigenvalue weighted by molar-refractivity contribution is -0.118. The summed E-state index contributed by atoms with van der Waals surface area (Å²) in [6.45, 7) is 1.71. The number of hydrogen-bond donors (Lipinski definition) is 5. The third-order valence-corrected chi connectivity index (χ3v) is 3.74. The highest BCUT2D eigenvalue weighted by atomic mass is 16.4. The van der Waals surface area contributed by atoms with Crippen molar-refractivity contribution < 1.29 is 19.5 Å². The molecule has 3 amide bonds. The summed E-state index contributed by atoms with van der Waals surface area (Å²) in [5, 5.41) is 19.5. The Hall–Kier alpha value is -2.77. The summed E-state index contributed by atoms with van der Waals surface area (Å²) in [4.78, 5) is 35.1. The summed E-state index contributed by atoms with van der Waals surface area (Å²) in [6.07, 6.45) is 1.08. The van der Waals surface area contributed by atoms with Gasteiger partial charge in [-0.2, -0.15) is 0 Å². The lowest BCUT2D eigenvalue weighted by Crippen LogP contribution is -2.42. The highest BCUT2D eigenvalue weighted by Crippen LogP contribution is 2.32. The zero-order valence-electron chi connectivity index (χ0n) is 13.7. The van der Waals surface area contributed by atoms with E-state index in [-0.39, 0.29) is 11.9 Å². The average Bonchev–Trinajstić information content (AvgIpc) is 3.37. The summed E-state index contributed by atoms with van der Waals surface area (Å²) in [7, 11) is 1.54. The monoisotopic (exact) mass is 334 g/mol. The van der Waals surface area contributed by atoms with Crippen LogP contribution >= 0.6 is 0 Å².